The van der Waals surface area contributed by atoms with Crippen LogP contribution in [-0.4, -0.2) is 0 Å². The molecule has 0 aromatic heterocycles. The first-order chi connectivity index (χ1) is 10.4. The Bertz CT molecular complexity index is 646. The van der Waals surface area contributed by atoms with Gasteiger partial charge in [-0.15, -0.1) is 0 Å². The molecule has 0 bridgehead atoms. The van der Waals surface area contributed by atoms with Crippen LogP contribution in [0.3, 0.4) is 0 Å². The van der Waals surface area contributed by atoms with E-state index in [-0.39, 0.29) is 0 Å². The fraction of sp³-hybridized carbons (Fsp3) is 0.364. The number of hydrogen-bond donors (Lipinski definition) is 0. The van der Waals surface area contributed by atoms with Gasteiger partial charge >= 0.3 is 0 Å². The lowest BCUT2D eigenvalue weighted by Gasteiger charge is -2.10. The van der Waals surface area contributed by atoms with Gasteiger partial charge in [0.25, 0.3) is 0 Å². The average molecular weight is 292 g/mol. The smallest absolute Gasteiger partial charge is 0.0301 e. The molecule has 0 fully saturated rings. The van der Waals surface area contributed by atoms with Crippen LogP contribution in [0.25, 0.3) is 0 Å². The van der Waals surface area contributed by atoms with Crippen LogP contribution in [0.15, 0.2) is 70.4 Å². The molecule has 1 rings (SSSR count). The van der Waals surface area contributed by atoms with Crippen LogP contribution in [0.2, 0.25) is 0 Å². The van der Waals surface area contributed by atoms with Crippen molar-refractivity contribution >= 4 is 0 Å². The van der Waals surface area contributed by atoms with E-state index in [0.717, 1.165) is 28.7 Å². The van der Waals surface area contributed by atoms with E-state index < -0.39 is 0 Å². The Morgan fingerprint density at radius 2 is 2.05 bits per heavy atom. The Morgan fingerprint density at radius 3 is 2.59 bits per heavy atom. The first kappa shape index (κ1) is 18.1. The van der Waals surface area contributed by atoms with E-state index in [0.29, 0.717) is 5.92 Å². The van der Waals surface area contributed by atoms with Gasteiger partial charge in [-0.3, -0.25) is 0 Å². The lowest BCUT2D eigenvalue weighted by molar-refractivity contribution is 0.800. The third-order valence-electron chi connectivity index (χ3n) is 3.94. The Hall–Kier alpha value is -2.00. The number of hydrogen-bond acceptors (Lipinski definition) is 0. The van der Waals surface area contributed by atoms with Crippen LogP contribution in [0, 0.1) is 17.8 Å². The monoisotopic (exact) mass is 292 g/mol. The van der Waals surface area contributed by atoms with Crippen molar-refractivity contribution in [1.29, 1.82) is 0 Å². The molecule has 0 heteroatoms. The maximum atomic E-state index is 4.05. The third-order valence-corrected chi connectivity index (χ3v) is 3.94. The summed E-state index contributed by atoms with van der Waals surface area (Å²) in [7, 11) is 0. The first-order valence-electron chi connectivity index (χ1n) is 8.01. The molecule has 0 radical (unpaired) electrons. The van der Waals surface area contributed by atoms with Gasteiger partial charge in [0.1, 0.15) is 0 Å². The maximum Gasteiger partial charge on any atom is 0.0301 e. The lowest BCUT2D eigenvalue weighted by atomic mass is 9.95. The highest BCUT2D eigenvalue weighted by atomic mass is 14.1. The molecule has 0 aromatic rings. The molecule has 0 nitrogen and oxygen atoms in total. The summed E-state index contributed by atoms with van der Waals surface area (Å²) >= 11 is 0. The molecule has 116 valence electrons. The molecule has 0 spiro atoms. The molecule has 1 atom stereocenters. The van der Waals surface area contributed by atoms with Crippen LogP contribution in [0.1, 0.15) is 48.0 Å². The van der Waals surface area contributed by atoms with Crippen LogP contribution in [0.4, 0.5) is 0 Å². The highest BCUT2D eigenvalue weighted by Crippen LogP contribution is 2.25. The molecular weight excluding hydrogens is 264 g/mol. The van der Waals surface area contributed by atoms with Crippen molar-refractivity contribution < 1.29 is 0 Å². The summed E-state index contributed by atoms with van der Waals surface area (Å²) < 4.78 is 0. The summed E-state index contributed by atoms with van der Waals surface area (Å²) in [5, 5.41) is 0. The summed E-state index contributed by atoms with van der Waals surface area (Å²) in [6, 6.07) is 0. The van der Waals surface area contributed by atoms with Gasteiger partial charge in [-0.1, -0.05) is 61.6 Å². The summed E-state index contributed by atoms with van der Waals surface area (Å²) in [6.45, 7) is 16.8. The van der Waals surface area contributed by atoms with Crippen LogP contribution < -0.4 is 0 Å². The number of rotatable bonds is 3. The molecule has 0 heterocycles. The summed E-state index contributed by atoms with van der Waals surface area (Å²) in [6.07, 6.45) is 11.8. The van der Waals surface area contributed by atoms with Gasteiger partial charge in [-0.25, -0.2) is 0 Å². The highest BCUT2D eigenvalue weighted by Gasteiger charge is 2.09. The molecule has 22 heavy (non-hydrogen) atoms. The third kappa shape index (κ3) is 4.78. The van der Waals surface area contributed by atoms with Crippen LogP contribution in [0.5, 0.6) is 0 Å². The Morgan fingerprint density at radius 1 is 1.36 bits per heavy atom. The zero-order valence-corrected chi connectivity index (χ0v) is 14.9. The minimum absolute atomic E-state index is 0.487. The van der Waals surface area contributed by atoms with Crippen LogP contribution >= 0.6 is 0 Å². The van der Waals surface area contributed by atoms with Crippen molar-refractivity contribution in [3.05, 3.63) is 70.4 Å². The van der Waals surface area contributed by atoms with E-state index in [2.05, 4.69) is 70.4 Å². The van der Waals surface area contributed by atoms with E-state index in [4.69, 9.17) is 0 Å². The predicted octanol–water partition coefficient (Wildman–Crippen LogP) is 6.32. The van der Waals surface area contributed by atoms with E-state index in [1.807, 2.05) is 19.9 Å². The van der Waals surface area contributed by atoms with Gasteiger partial charge < -0.3 is 0 Å². The van der Waals surface area contributed by atoms with Crippen molar-refractivity contribution in [2.24, 2.45) is 5.92 Å². The van der Waals surface area contributed by atoms with Crippen molar-refractivity contribution in [3.63, 3.8) is 0 Å². The number of allylic oxidation sites excluding steroid dienone is 11. The topological polar surface area (TPSA) is 0 Å². The molecule has 0 aromatic carbocycles. The second-order valence-corrected chi connectivity index (χ2v) is 5.90. The zero-order chi connectivity index (χ0) is 16.7. The van der Waals surface area contributed by atoms with E-state index in [1.165, 1.54) is 11.1 Å². The van der Waals surface area contributed by atoms with Gasteiger partial charge in [-0.2, -0.15) is 0 Å². The van der Waals surface area contributed by atoms with Crippen molar-refractivity contribution in [2.75, 3.05) is 0 Å². The molecular formula is C22H28. The van der Waals surface area contributed by atoms with Crippen LogP contribution in [-0.2, 0) is 0 Å². The largest absolute Gasteiger partial charge is 0.0949 e. The second-order valence-electron chi connectivity index (χ2n) is 5.90. The fourth-order valence-electron chi connectivity index (χ4n) is 2.79. The van der Waals surface area contributed by atoms with E-state index >= 15 is 0 Å². The fourth-order valence-corrected chi connectivity index (χ4v) is 2.79. The van der Waals surface area contributed by atoms with E-state index in [1.54, 1.807) is 0 Å². The standard InChI is InChI=1S/C22H28/c1-8-10-17(5)22(16(3)4)14-13-20-12-11-18(6)21(9-2)19(7)15-20/h8,10-12,15,18H,3,9H2,1-2,4-7H3/b10-8-,22-17-/t18-/m1/s1. The maximum absolute atomic E-state index is 4.05. The Kier molecular flexibility index (Phi) is 6.93. The van der Waals surface area contributed by atoms with Crippen molar-refractivity contribution in [1.82, 2.24) is 0 Å². The normalized spacial score (nSPS) is 19.4. The van der Waals surface area contributed by atoms with Gasteiger partial charge in [0, 0.05) is 11.1 Å². The zero-order valence-electron chi connectivity index (χ0n) is 14.9. The van der Waals surface area contributed by atoms with Gasteiger partial charge in [0.05, 0.1) is 0 Å². The summed E-state index contributed by atoms with van der Waals surface area (Å²) in [4.78, 5) is 0. The van der Waals surface area contributed by atoms with Gasteiger partial charge in [0.2, 0.25) is 0 Å². The lowest BCUT2D eigenvalue weighted by Crippen LogP contribution is -1.95. The molecule has 1 aliphatic carbocycles. The van der Waals surface area contributed by atoms with Gasteiger partial charge in [-0.05, 0) is 63.3 Å². The highest BCUT2D eigenvalue weighted by molar-refractivity contribution is 5.55. The average Bonchev–Trinajstić information content (AvgIpc) is 2.57. The molecule has 0 saturated heterocycles. The molecule has 0 unspecified atom stereocenters. The first-order valence-corrected chi connectivity index (χ1v) is 8.01. The molecule has 0 N–H and O–H groups in total. The van der Waals surface area contributed by atoms with Crippen molar-refractivity contribution in [3.8, 4) is 11.8 Å². The van der Waals surface area contributed by atoms with Gasteiger partial charge in [0.15, 0.2) is 0 Å². The molecule has 1 aliphatic rings. The van der Waals surface area contributed by atoms with E-state index in [9.17, 15) is 0 Å². The van der Waals surface area contributed by atoms with Crippen molar-refractivity contribution in [2.45, 2.75) is 48.0 Å². The Balaban J connectivity index is 3.25. The molecule has 0 aliphatic heterocycles. The minimum Gasteiger partial charge on any atom is -0.0949 e. The summed E-state index contributed by atoms with van der Waals surface area (Å²) in [5.74, 6) is 7.11. The predicted molar refractivity (Wildman–Crippen MR) is 99.5 cm³/mol. The SMILES string of the molecule is C=C(C)/C(C#CC1=CC(C)=C(CC)[C@H](C)C=C1)=C(C)\C=C/C. The Labute approximate surface area is 136 Å². The quantitative estimate of drug-likeness (QED) is 0.422. The second kappa shape index (κ2) is 8.44. The molecule has 0 saturated carbocycles. The summed E-state index contributed by atoms with van der Waals surface area (Å²) in [5.41, 5.74) is 7.11. The molecule has 0 amide bonds. The minimum atomic E-state index is 0.487.